The first-order valence-electron chi connectivity index (χ1n) is 6.14. The fraction of sp³-hybridized carbons (Fsp3) is 0.133. The van der Waals surface area contributed by atoms with E-state index >= 15 is 0 Å². The predicted molar refractivity (Wildman–Crippen MR) is 81.8 cm³/mol. The van der Waals surface area contributed by atoms with Crippen LogP contribution < -0.4 is 5.32 Å². The molecule has 0 saturated carbocycles. The van der Waals surface area contributed by atoms with E-state index in [1.165, 1.54) is 11.8 Å². The molecule has 2 aromatic rings. The first-order valence-corrected chi connectivity index (χ1v) is 7.39. The summed E-state index contributed by atoms with van der Waals surface area (Å²) < 4.78 is 26.5. The summed E-state index contributed by atoms with van der Waals surface area (Å²) in [6.07, 6.45) is 0. The first kappa shape index (κ1) is 15.8. The lowest BCUT2D eigenvalue weighted by Gasteiger charge is -2.12. The highest BCUT2D eigenvalue weighted by atomic mass is 35.5. The molecule has 0 heterocycles. The average molecular weight is 328 g/mol. The van der Waals surface area contributed by atoms with Gasteiger partial charge < -0.3 is 5.32 Å². The molecule has 0 aromatic heterocycles. The van der Waals surface area contributed by atoms with Crippen molar-refractivity contribution in [2.24, 2.45) is 0 Å². The van der Waals surface area contributed by atoms with E-state index < -0.39 is 22.8 Å². The van der Waals surface area contributed by atoms with Crippen LogP contribution in [0.3, 0.4) is 0 Å². The van der Waals surface area contributed by atoms with Crippen LogP contribution in [-0.4, -0.2) is 11.2 Å². The van der Waals surface area contributed by atoms with Gasteiger partial charge in [-0.1, -0.05) is 11.6 Å². The van der Waals surface area contributed by atoms with Crippen LogP contribution in [0.1, 0.15) is 6.92 Å². The van der Waals surface area contributed by atoms with E-state index in [0.29, 0.717) is 5.02 Å². The van der Waals surface area contributed by atoms with Crippen molar-refractivity contribution in [3.8, 4) is 0 Å². The Hall–Kier alpha value is -1.59. The minimum Gasteiger partial charge on any atom is -0.323 e. The van der Waals surface area contributed by atoms with E-state index in [2.05, 4.69) is 5.32 Å². The second kappa shape index (κ2) is 6.91. The van der Waals surface area contributed by atoms with E-state index in [0.717, 1.165) is 23.1 Å². The van der Waals surface area contributed by atoms with Crippen LogP contribution in [0.5, 0.6) is 0 Å². The van der Waals surface area contributed by atoms with Crippen molar-refractivity contribution in [1.82, 2.24) is 0 Å². The van der Waals surface area contributed by atoms with E-state index in [1.54, 1.807) is 31.2 Å². The third kappa shape index (κ3) is 4.44. The second-order valence-electron chi connectivity index (χ2n) is 4.33. The standard InChI is InChI=1S/C15H12ClF2NOS/c1-9(21-12-5-2-10(16)3-6-12)15(20)19-14-8-11(17)4-7-13(14)18/h2-9H,1H3,(H,19,20). The van der Waals surface area contributed by atoms with Crippen molar-refractivity contribution in [2.45, 2.75) is 17.1 Å². The van der Waals surface area contributed by atoms with Crippen molar-refractivity contribution in [1.29, 1.82) is 0 Å². The smallest absolute Gasteiger partial charge is 0.237 e. The summed E-state index contributed by atoms with van der Waals surface area (Å²) in [6.45, 7) is 1.69. The van der Waals surface area contributed by atoms with Crippen LogP contribution in [0.25, 0.3) is 0 Å². The monoisotopic (exact) mass is 327 g/mol. The summed E-state index contributed by atoms with van der Waals surface area (Å²) in [4.78, 5) is 12.9. The molecule has 2 aromatic carbocycles. The summed E-state index contributed by atoms with van der Waals surface area (Å²) in [5.41, 5.74) is -0.163. The van der Waals surface area contributed by atoms with Crippen LogP contribution in [0.15, 0.2) is 47.4 Å². The zero-order valence-corrected chi connectivity index (χ0v) is 12.6. The number of hydrogen-bond acceptors (Lipinski definition) is 2. The van der Waals surface area contributed by atoms with E-state index in [9.17, 15) is 13.6 Å². The van der Waals surface area contributed by atoms with Gasteiger partial charge in [0.05, 0.1) is 10.9 Å². The summed E-state index contributed by atoms with van der Waals surface area (Å²) >= 11 is 7.09. The molecule has 1 atom stereocenters. The van der Waals surface area contributed by atoms with Crippen LogP contribution in [0, 0.1) is 11.6 Å². The molecule has 0 radical (unpaired) electrons. The highest BCUT2D eigenvalue weighted by molar-refractivity contribution is 8.00. The molecule has 0 aliphatic heterocycles. The number of nitrogens with one attached hydrogen (secondary N) is 1. The molecule has 2 nitrogen and oxygen atoms in total. The van der Waals surface area contributed by atoms with E-state index in [-0.39, 0.29) is 5.69 Å². The second-order valence-corrected chi connectivity index (χ2v) is 6.18. The maximum absolute atomic E-state index is 13.5. The molecule has 0 aliphatic rings. The Kier molecular flexibility index (Phi) is 5.20. The lowest BCUT2D eigenvalue weighted by Crippen LogP contribution is -2.23. The van der Waals surface area contributed by atoms with Gasteiger partial charge in [0.25, 0.3) is 0 Å². The number of carbonyl (C=O) groups is 1. The Morgan fingerprint density at radius 1 is 1.19 bits per heavy atom. The molecule has 2 rings (SSSR count). The Bertz CT molecular complexity index is 649. The van der Waals surface area contributed by atoms with E-state index in [1.807, 2.05) is 0 Å². The van der Waals surface area contributed by atoms with Crippen molar-refractivity contribution in [3.63, 3.8) is 0 Å². The van der Waals surface area contributed by atoms with Gasteiger partial charge in [-0.3, -0.25) is 4.79 Å². The molecule has 0 bridgehead atoms. The highest BCUT2D eigenvalue weighted by Gasteiger charge is 2.16. The fourth-order valence-corrected chi connectivity index (χ4v) is 2.59. The van der Waals surface area contributed by atoms with Gasteiger partial charge in [0.1, 0.15) is 11.6 Å². The topological polar surface area (TPSA) is 29.1 Å². The molecule has 21 heavy (non-hydrogen) atoms. The zero-order chi connectivity index (χ0) is 15.4. The molecule has 0 aliphatic carbocycles. The first-order chi connectivity index (χ1) is 9.95. The van der Waals surface area contributed by atoms with Gasteiger partial charge in [-0.25, -0.2) is 8.78 Å². The third-order valence-electron chi connectivity index (χ3n) is 2.68. The molecule has 0 fully saturated rings. The van der Waals surface area contributed by atoms with Crippen molar-refractivity contribution in [2.75, 3.05) is 5.32 Å². The quantitative estimate of drug-likeness (QED) is 0.822. The SMILES string of the molecule is CC(Sc1ccc(Cl)cc1)C(=O)Nc1cc(F)ccc1F. The predicted octanol–water partition coefficient (Wildman–Crippen LogP) is 4.74. The molecule has 0 spiro atoms. The number of anilines is 1. The summed E-state index contributed by atoms with van der Waals surface area (Å²) in [5, 5.41) is 2.53. The molecule has 1 amide bonds. The number of halogens is 3. The van der Waals surface area contributed by atoms with Crippen LogP contribution in [-0.2, 0) is 4.79 Å². The Balaban J connectivity index is 2.02. The van der Waals surface area contributed by atoms with Gasteiger partial charge in [-0.2, -0.15) is 0 Å². The normalized spacial score (nSPS) is 12.0. The van der Waals surface area contributed by atoms with Gasteiger partial charge in [-0.15, -0.1) is 11.8 Å². The molecule has 0 saturated heterocycles. The van der Waals surface area contributed by atoms with Crippen LogP contribution in [0.2, 0.25) is 5.02 Å². The van der Waals surface area contributed by atoms with Gasteiger partial charge >= 0.3 is 0 Å². The molecule has 1 N–H and O–H groups in total. The zero-order valence-electron chi connectivity index (χ0n) is 11.1. The lowest BCUT2D eigenvalue weighted by molar-refractivity contribution is -0.115. The van der Waals surface area contributed by atoms with Gasteiger partial charge in [-0.05, 0) is 43.3 Å². The minimum absolute atomic E-state index is 0.163. The summed E-state index contributed by atoms with van der Waals surface area (Å²) in [7, 11) is 0. The van der Waals surface area contributed by atoms with Crippen LogP contribution in [0.4, 0.5) is 14.5 Å². The molecule has 1 unspecified atom stereocenters. The Labute approximate surface area is 130 Å². The fourth-order valence-electron chi connectivity index (χ4n) is 1.60. The average Bonchev–Trinajstić information content (AvgIpc) is 2.45. The molecule has 110 valence electrons. The number of rotatable bonds is 4. The highest BCUT2D eigenvalue weighted by Crippen LogP contribution is 2.26. The largest absolute Gasteiger partial charge is 0.323 e. The maximum Gasteiger partial charge on any atom is 0.237 e. The third-order valence-corrected chi connectivity index (χ3v) is 4.05. The Morgan fingerprint density at radius 2 is 1.86 bits per heavy atom. The number of thioether (sulfide) groups is 1. The summed E-state index contributed by atoms with van der Waals surface area (Å²) in [5.74, 6) is -1.68. The number of carbonyl (C=O) groups excluding carboxylic acids is 1. The summed E-state index contributed by atoms with van der Waals surface area (Å²) in [6, 6.07) is 9.95. The Morgan fingerprint density at radius 3 is 2.52 bits per heavy atom. The number of hydrogen-bond donors (Lipinski definition) is 1. The maximum atomic E-state index is 13.5. The van der Waals surface area contributed by atoms with E-state index in [4.69, 9.17) is 11.6 Å². The minimum atomic E-state index is -0.673. The molecule has 6 heteroatoms. The number of benzene rings is 2. The van der Waals surface area contributed by atoms with Gasteiger partial charge in [0.2, 0.25) is 5.91 Å². The molecular formula is C15H12ClF2NOS. The van der Waals surface area contributed by atoms with Gasteiger partial charge in [0, 0.05) is 16.0 Å². The number of amides is 1. The van der Waals surface area contributed by atoms with Crippen molar-refractivity contribution >= 4 is 35.0 Å². The van der Waals surface area contributed by atoms with Crippen molar-refractivity contribution in [3.05, 3.63) is 59.1 Å². The van der Waals surface area contributed by atoms with Crippen LogP contribution >= 0.6 is 23.4 Å². The molecular weight excluding hydrogens is 316 g/mol. The van der Waals surface area contributed by atoms with Gasteiger partial charge in [0.15, 0.2) is 0 Å². The van der Waals surface area contributed by atoms with Crippen molar-refractivity contribution < 1.29 is 13.6 Å². The lowest BCUT2D eigenvalue weighted by atomic mass is 10.3.